The summed E-state index contributed by atoms with van der Waals surface area (Å²) in [7, 11) is 0. The molecule has 0 bridgehead atoms. The van der Waals surface area contributed by atoms with Crippen molar-refractivity contribution in [1.29, 1.82) is 0 Å². The number of rotatable bonds is 2. The number of nitrogens with zero attached hydrogens (tertiary/aromatic N) is 5. The Labute approximate surface area is 168 Å². The second-order valence-corrected chi connectivity index (χ2v) is 7.04. The van der Waals surface area contributed by atoms with E-state index in [0.717, 1.165) is 11.1 Å². The minimum atomic E-state index is -0.317. The molecule has 0 aliphatic rings. The summed E-state index contributed by atoms with van der Waals surface area (Å²) < 4.78 is 16.4. The quantitative estimate of drug-likeness (QED) is 0.441. The molecule has 2 aromatic carbocycles. The second kappa shape index (κ2) is 6.49. The summed E-state index contributed by atoms with van der Waals surface area (Å²) >= 11 is 5.93. The monoisotopic (exact) mass is 405 g/mol. The van der Waals surface area contributed by atoms with Crippen molar-refractivity contribution in [1.82, 2.24) is 24.4 Å². The highest BCUT2D eigenvalue weighted by Crippen LogP contribution is 2.28. The Morgan fingerprint density at radius 2 is 1.69 bits per heavy atom. The lowest BCUT2D eigenvalue weighted by Crippen LogP contribution is -2.20. The normalized spacial score (nSPS) is 11.4. The number of halogens is 2. The Balaban J connectivity index is 1.75. The van der Waals surface area contributed by atoms with E-state index in [1.165, 1.54) is 16.7 Å². The molecular weight excluding hydrogens is 393 g/mol. The zero-order chi connectivity index (χ0) is 20.1. The van der Waals surface area contributed by atoms with Gasteiger partial charge in [-0.05, 0) is 55.0 Å². The molecule has 142 valence electrons. The standard InChI is InChI=1S/C21H13ClFN5O/c1-12-18(13-2-6-15(23)7-3-13)20-25-24-19-17(28(20)26-12)10-11-27(21(19)29)16-8-4-14(22)5-9-16/h2-11H,1H3. The van der Waals surface area contributed by atoms with Crippen LogP contribution in [-0.4, -0.2) is 24.4 Å². The number of aromatic nitrogens is 5. The van der Waals surface area contributed by atoms with Gasteiger partial charge in [0.2, 0.25) is 0 Å². The molecule has 0 unspecified atom stereocenters. The Morgan fingerprint density at radius 1 is 0.966 bits per heavy atom. The summed E-state index contributed by atoms with van der Waals surface area (Å²) in [5.41, 5.74) is 3.85. The minimum Gasteiger partial charge on any atom is -0.282 e. The first-order chi connectivity index (χ1) is 14.0. The summed E-state index contributed by atoms with van der Waals surface area (Å²) in [6.45, 7) is 1.84. The first-order valence-electron chi connectivity index (χ1n) is 8.82. The van der Waals surface area contributed by atoms with E-state index in [2.05, 4.69) is 15.3 Å². The molecule has 5 aromatic rings. The van der Waals surface area contributed by atoms with Gasteiger partial charge in [-0.25, -0.2) is 8.91 Å². The zero-order valence-corrected chi connectivity index (χ0v) is 15.9. The van der Waals surface area contributed by atoms with Crippen molar-refractivity contribution >= 4 is 28.3 Å². The number of benzene rings is 2. The molecule has 3 aromatic heterocycles. The fraction of sp³-hybridized carbons (Fsp3) is 0.0476. The molecule has 3 heterocycles. The van der Waals surface area contributed by atoms with Crippen molar-refractivity contribution < 1.29 is 4.39 Å². The molecule has 0 atom stereocenters. The van der Waals surface area contributed by atoms with Gasteiger partial charge in [0.25, 0.3) is 5.56 Å². The van der Waals surface area contributed by atoms with Gasteiger partial charge in [-0.3, -0.25) is 9.36 Å². The SMILES string of the molecule is Cc1nn2c(nnc3c(=O)n(-c4ccc(Cl)cc4)ccc32)c1-c1ccc(F)cc1. The van der Waals surface area contributed by atoms with Gasteiger partial charge < -0.3 is 0 Å². The average Bonchev–Trinajstić information content (AvgIpc) is 3.06. The Kier molecular flexibility index (Phi) is 3.92. The lowest BCUT2D eigenvalue weighted by molar-refractivity contribution is 0.628. The maximum atomic E-state index is 13.3. The van der Waals surface area contributed by atoms with Gasteiger partial charge in [-0.15, -0.1) is 10.2 Å². The van der Waals surface area contributed by atoms with E-state index in [4.69, 9.17) is 11.6 Å². The van der Waals surface area contributed by atoms with Gasteiger partial charge in [-0.2, -0.15) is 5.10 Å². The highest BCUT2D eigenvalue weighted by molar-refractivity contribution is 6.30. The predicted molar refractivity (Wildman–Crippen MR) is 109 cm³/mol. The third kappa shape index (κ3) is 2.78. The van der Waals surface area contributed by atoms with Gasteiger partial charge in [0.05, 0.1) is 11.3 Å². The van der Waals surface area contributed by atoms with Crippen molar-refractivity contribution in [3.8, 4) is 16.8 Å². The lowest BCUT2D eigenvalue weighted by Gasteiger charge is -2.07. The Bertz CT molecular complexity index is 1440. The number of hydrogen-bond acceptors (Lipinski definition) is 4. The first kappa shape index (κ1) is 17.5. The molecule has 0 fully saturated rings. The van der Waals surface area contributed by atoms with Crippen molar-refractivity contribution in [2.45, 2.75) is 6.92 Å². The molecule has 0 aliphatic heterocycles. The Morgan fingerprint density at radius 3 is 2.41 bits per heavy atom. The summed E-state index contributed by atoms with van der Waals surface area (Å²) in [6.07, 6.45) is 1.67. The summed E-state index contributed by atoms with van der Waals surface area (Å²) in [5.74, 6) is -0.317. The van der Waals surface area contributed by atoms with E-state index in [1.54, 1.807) is 53.2 Å². The van der Waals surface area contributed by atoms with Crippen molar-refractivity contribution in [3.63, 3.8) is 0 Å². The van der Waals surface area contributed by atoms with Gasteiger partial charge in [-0.1, -0.05) is 23.7 Å². The molecule has 5 rings (SSSR count). The maximum Gasteiger partial charge on any atom is 0.285 e. The van der Waals surface area contributed by atoms with Crippen LogP contribution in [0.25, 0.3) is 33.5 Å². The summed E-state index contributed by atoms with van der Waals surface area (Å²) in [4.78, 5) is 13.0. The molecule has 0 saturated heterocycles. The fourth-order valence-electron chi connectivity index (χ4n) is 3.41. The molecule has 0 N–H and O–H groups in total. The third-order valence-corrected chi connectivity index (χ3v) is 5.04. The van der Waals surface area contributed by atoms with Crippen molar-refractivity contribution in [3.05, 3.63) is 87.7 Å². The lowest BCUT2D eigenvalue weighted by atomic mass is 10.1. The van der Waals surface area contributed by atoms with E-state index in [1.807, 2.05) is 6.92 Å². The van der Waals surface area contributed by atoms with Crippen LogP contribution < -0.4 is 5.56 Å². The number of hydrogen-bond donors (Lipinski definition) is 0. The van der Waals surface area contributed by atoms with Crippen LogP contribution in [0.1, 0.15) is 5.69 Å². The van der Waals surface area contributed by atoms with Crippen LogP contribution in [0.3, 0.4) is 0 Å². The third-order valence-electron chi connectivity index (χ3n) is 4.79. The smallest absolute Gasteiger partial charge is 0.282 e. The van der Waals surface area contributed by atoms with E-state index in [-0.39, 0.29) is 16.9 Å². The average molecular weight is 406 g/mol. The zero-order valence-electron chi connectivity index (χ0n) is 15.2. The van der Waals surface area contributed by atoms with Crippen LogP contribution in [0, 0.1) is 12.7 Å². The number of pyridine rings is 1. The largest absolute Gasteiger partial charge is 0.285 e. The van der Waals surface area contributed by atoms with Crippen LogP contribution in [0.4, 0.5) is 4.39 Å². The molecule has 0 radical (unpaired) electrons. The maximum absolute atomic E-state index is 13.3. The highest BCUT2D eigenvalue weighted by Gasteiger charge is 2.17. The number of fused-ring (bicyclic) bond motifs is 3. The molecule has 8 heteroatoms. The van der Waals surface area contributed by atoms with Crippen molar-refractivity contribution in [2.24, 2.45) is 0 Å². The molecule has 0 aliphatic carbocycles. The summed E-state index contributed by atoms with van der Waals surface area (Å²) in [6, 6.07) is 14.8. The Hall–Kier alpha value is -3.58. The van der Waals surface area contributed by atoms with E-state index in [9.17, 15) is 9.18 Å². The molecule has 0 spiro atoms. The predicted octanol–water partition coefficient (Wildman–Crippen LogP) is 4.20. The fourth-order valence-corrected chi connectivity index (χ4v) is 3.54. The highest BCUT2D eigenvalue weighted by atomic mass is 35.5. The summed E-state index contributed by atoms with van der Waals surface area (Å²) in [5, 5.41) is 13.6. The van der Waals surface area contributed by atoms with E-state index >= 15 is 0 Å². The molecule has 6 nitrogen and oxygen atoms in total. The van der Waals surface area contributed by atoms with Crippen LogP contribution >= 0.6 is 11.6 Å². The van der Waals surface area contributed by atoms with Crippen LogP contribution in [0.15, 0.2) is 65.6 Å². The van der Waals surface area contributed by atoms with Gasteiger partial charge in [0, 0.05) is 16.9 Å². The van der Waals surface area contributed by atoms with E-state index < -0.39 is 0 Å². The number of aryl methyl sites for hydroxylation is 1. The minimum absolute atomic E-state index is 0.197. The second-order valence-electron chi connectivity index (χ2n) is 6.60. The first-order valence-corrected chi connectivity index (χ1v) is 9.20. The van der Waals surface area contributed by atoms with Crippen LogP contribution in [0.5, 0.6) is 0 Å². The topological polar surface area (TPSA) is 65.1 Å². The van der Waals surface area contributed by atoms with Crippen molar-refractivity contribution in [2.75, 3.05) is 0 Å². The molecule has 0 saturated carbocycles. The van der Waals surface area contributed by atoms with Crippen LogP contribution in [-0.2, 0) is 0 Å². The molecule has 29 heavy (non-hydrogen) atoms. The molecule has 0 amide bonds. The van der Waals surface area contributed by atoms with Gasteiger partial charge >= 0.3 is 0 Å². The van der Waals surface area contributed by atoms with Crippen LogP contribution in [0.2, 0.25) is 5.02 Å². The molecular formula is C21H13ClFN5O. The van der Waals surface area contributed by atoms with Gasteiger partial charge in [0.15, 0.2) is 11.2 Å². The van der Waals surface area contributed by atoms with Gasteiger partial charge in [0.1, 0.15) is 11.3 Å². The van der Waals surface area contributed by atoms with E-state index in [0.29, 0.717) is 27.6 Å².